The molecule has 3 aromatic rings. The van der Waals surface area contributed by atoms with Gasteiger partial charge in [-0.25, -0.2) is 9.97 Å². The molecule has 0 radical (unpaired) electrons. The third kappa shape index (κ3) is 5.08. The van der Waals surface area contributed by atoms with Gasteiger partial charge in [-0.3, -0.25) is 4.99 Å². The number of hydrogen-bond acceptors (Lipinski definition) is 6. The standard InChI is InChI=1S/C26H28ClN5S/c1-5-29-22-16(2)23-26(32-24(22)28-4)33-25(31-23)19-12-9-11-18(14-19)17(3)30-15-20-10-7-6-8-13-21(20)27/h5-12,14,17,30H,13,15H2,1-4H3,(H,28,32). The molecule has 170 valence electrons. The number of pyridine rings is 1. The summed E-state index contributed by atoms with van der Waals surface area (Å²) < 4.78 is 0. The predicted octanol–water partition coefficient (Wildman–Crippen LogP) is 7.09. The summed E-state index contributed by atoms with van der Waals surface area (Å²) in [4.78, 5) is 15.1. The van der Waals surface area contributed by atoms with E-state index in [-0.39, 0.29) is 6.04 Å². The summed E-state index contributed by atoms with van der Waals surface area (Å²) >= 11 is 8.04. The highest BCUT2D eigenvalue weighted by molar-refractivity contribution is 7.21. The first-order valence-corrected chi connectivity index (χ1v) is 12.2. The quantitative estimate of drug-likeness (QED) is 0.356. The molecule has 1 atom stereocenters. The molecule has 5 nitrogen and oxygen atoms in total. The van der Waals surface area contributed by atoms with Crippen molar-refractivity contribution in [2.24, 2.45) is 4.99 Å². The Labute approximate surface area is 204 Å². The Morgan fingerprint density at radius 3 is 2.91 bits per heavy atom. The molecule has 1 unspecified atom stereocenters. The summed E-state index contributed by atoms with van der Waals surface area (Å²) in [5, 5.41) is 8.61. The van der Waals surface area contributed by atoms with E-state index in [0.29, 0.717) is 0 Å². The average Bonchev–Trinajstić information content (AvgIpc) is 3.16. The van der Waals surface area contributed by atoms with Gasteiger partial charge in [0.2, 0.25) is 0 Å². The number of hydrogen-bond donors (Lipinski definition) is 2. The van der Waals surface area contributed by atoms with Gasteiger partial charge in [-0.2, -0.15) is 0 Å². The van der Waals surface area contributed by atoms with Crippen molar-refractivity contribution in [2.75, 3.05) is 18.9 Å². The summed E-state index contributed by atoms with van der Waals surface area (Å²) in [6.45, 7) is 6.85. The lowest BCUT2D eigenvalue weighted by molar-refractivity contribution is 0.610. The van der Waals surface area contributed by atoms with E-state index in [1.54, 1.807) is 17.6 Å². The number of nitrogens with one attached hydrogen (secondary N) is 2. The van der Waals surface area contributed by atoms with E-state index >= 15 is 0 Å². The molecule has 0 amide bonds. The van der Waals surface area contributed by atoms with Crippen molar-refractivity contribution in [3.8, 4) is 10.6 Å². The number of nitrogens with zero attached hydrogens (tertiary/aromatic N) is 3. The van der Waals surface area contributed by atoms with Crippen LogP contribution in [-0.2, 0) is 0 Å². The lowest BCUT2D eigenvalue weighted by Gasteiger charge is -2.16. The Balaban J connectivity index is 1.60. The van der Waals surface area contributed by atoms with Crippen molar-refractivity contribution < 1.29 is 0 Å². The number of aliphatic imine (C=N–C) groups is 1. The lowest BCUT2D eigenvalue weighted by Crippen LogP contribution is -2.21. The zero-order chi connectivity index (χ0) is 23.4. The fourth-order valence-electron chi connectivity index (χ4n) is 3.78. The van der Waals surface area contributed by atoms with Crippen molar-refractivity contribution >= 4 is 51.0 Å². The highest BCUT2D eigenvalue weighted by atomic mass is 35.5. The van der Waals surface area contributed by atoms with Crippen LogP contribution in [0.15, 0.2) is 64.2 Å². The molecule has 0 fully saturated rings. The number of thiazole rings is 1. The van der Waals surface area contributed by atoms with Crippen LogP contribution in [0.4, 0.5) is 11.5 Å². The second-order valence-corrected chi connectivity index (χ2v) is 9.33. The molecule has 2 heterocycles. The average molecular weight is 478 g/mol. The van der Waals surface area contributed by atoms with Gasteiger partial charge in [-0.05, 0) is 38.0 Å². The van der Waals surface area contributed by atoms with E-state index < -0.39 is 0 Å². The van der Waals surface area contributed by atoms with Gasteiger partial charge in [0.1, 0.15) is 21.0 Å². The van der Waals surface area contributed by atoms with E-state index in [9.17, 15) is 0 Å². The number of aromatic nitrogens is 2. The first kappa shape index (κ1) is 23.4. The molecule has 1 aliphatic rings. The molecule has 1 aliphatic carbocycles. The summed E-state index contributed by atoms with van der Waals surface area (Å²) in [6, 6.07) is 8.71. The minimum absolute atomic E-state index is 0.169. The van der Waals surface area contributed by atoms with Gasteiger partial charge in [0.05, 0.1) is 0 Å². The van der Waals surface area contributed by atoms with Crippen LogP contribution < -0.4 is 10.6 Å². The smallest absolute Gasteiger partial charge is 0.153 e. The minimum Gasteiger partial charge on any atom is -0.371 e. The van der Waals surface area contributed by atoms with Gasteiger partial charge in [-0.1, -0.05) is 65.4 Å². The monoisotopic (exact) mass is 477 g/mol. The maximum atomic E-state index is 6.44. The maximum Gasteiger partial charge on any atom is 0.153 e. The number of allylic oxidation sites excluding steroid dienone is 4. The fourth-order valence-corrected chi connectivity index (χ4v) is 5.00. The Morgan fingerprint density at radius 2 is 2.12 bits per heavy atom. The number of fused-ring (bicyclic) bond motifs is 1. The second kappa shape index (κ2) is 10.4. The van der Waals surface area contributed by atoms with Crippen LogP contribution in [0.3, 0.4) is 0 Å². The summed E-state index contributed by atoms with van der Waals surface area (Å²) in [5.41, 5.74) is 6.20. The third-order valence-corrected chi connectivity index (χ3v) is 7.07. The molecule has 33 heavy (non-hydrogen) atoms. The Morgan fingerprint density at radius 1 is 1.27 bits per heavy atom. The van der Waals surface area contributed by atoms with E-state index in [0.717, 1.165) is 61.6 Å². The zero-order valence-electron chi connectivity index (χ0n) is 19.3. The van der Waals surface area contributed by atoms with E-state index in [1.165, 1.54) is 5.56 Å². The first-order chi connectivity index (χ1) is 16.0. The molecule has 0 spiro atoms. The summed E-state index contributed by atoms with van der Waals surface area (Å²) in [6.07, 6.45) is 10.8. The normalized spacial score (nSPS) is 14.9. The fraction of sp³-hybridized carbons (Fsp3) is 0.269. The van der Waals surface area contributed by atoms with E-state index in [2.05, 4.69) is 65.9 Å². The van der Waals surface area contributed by atoms with Gasteiger partial charge in [0.25, 0.3) is 0 Å². The molecule has 7 heteroatoms. The van der Waals surface area contributed by atoms with Crippen LogP contribution in [-0.4, -0.2) is 29.8 Å². The largest absolute Gasteiger partial charge is 0.371 e. The highest BCUT2D eigenvalue weighted by Crippen LogP contribution is 2.38. The van der Waals surface area contributed by atoms with Gasteiger partial charge in [-0.15, -0.1) is 0 Å². The van der Waals surface area contributed by atoms with Crippen molar-refractivity contribution in [1.29, 1.82) is 0 Å². The van der Waals surface area contributed by atoms with Crippen LogP contribution >= 0.6 is 22.9 Å². The summed E-state index contributed by atoms with van der Waals surface area (Å²) in [5.74, 6) is 0.774. The number of halogens is 1. The van der Waals surface area contributed by atoms with Crippen LogP contribution in [0.5, 0.6) is 0 Å². The molecule has 0 aliphatic heterocycles. The highest BCUT2D eigenvalue weighted by Gasteiger charge is 2.16. The Kier molecular flexibility index (Phi) is 7.38. The topological polar surface area (TPSA) is 62.2 Å². The van der Waals surface area contributed by atoms with Crippen molar-refractivity contribution in [2.45, 2.75) is 33.2 Å². The van der Waals surface area contributed by atoms with E-state index in [1.807, 2.05) is 26.1 Å². The van der Waals surface area contributed by atoms with Crippen LogP contribution in [0.1, 0.15) is 37.4 Å². The predicted molar refractivity (Wildman–Crippen MR) is 143 cm³/mol. The van der Waals surface area contributed by atoms with Gasteiger partial charge < -0.3 is 10.6 Å². The summed E-state index contributed by atoms with van der Waals surface area (Å²) in [7, 11) is 1.87. The molecule has 1 aromatic carbocycles. The molecule has 0 bridgehead atoms. The van der Waals surface area contributed by atoms with Gasteiger partial charge in [0, 0.05) is 48.4 Å². The SMILES string of the molecule is CC=Nc1c(NC)nc2sc(-c3cccc(C(C)NCC4=C(Cl)CC=CC=C4)c3)nc2c1C. The molecule has 0 saturated carbocycles. The number of anilines is 1. The van der Waals surface area contributed by atoms with Crippen molar-refractivity contribution in [1.82, 2.24) is 15.3 Å². The zero-order valence-corrected chi connectivity index (χ0v) is 20.9. The lowest BCUT2D eigenvalue weighted by atomic mass is 10.0. The molecule has 0 saturated heterocycles. The second-order valence-electron chi connectivity index (χ2n) is 7.89. The van der Waals surface area contributed by atoms with Crippen molar-refractivity contribution in [3.05, 3.63) is 70.3 Å². The molecule has 4 rings (SSSR count). The third-order valence-electron chi connectivity index (χ3n) is 5.67. The molecular formula is C26H28ClN5S. The van der Waals surface area contributed by atoms with E-state index in [4.69, 9.17) is 21.6 Å². The maximum absolute atomic E-state index is 6.44. The molecular weight excluding hydrogens is 450 g/mol. The molecule has 2 aromatic heterocycles. The van der Waals surface area contributed by atoms with Crippen LogP contribution in [0.2, 0.25) is 0 Å². The van der Waals surface area contributed by atoms with Crippen molar-refractivity contribution in [3.63, 3.8) is 0 Å². The van der Waals surface area contributed by atoms with Gasteiger partial charge >= 0.3 is 0 Å². The minimum atomic E-state index is 0.169. The van der Waals surface area contributed by atoms with Crippen LogP contribution in [0.25, 0.3) is 20.9 Å². The molecule has 2 N–H and O–H groups in total. The van der Waals surface area contributed by atoms with Crippen LogP contribution in [0, 0.1) is 6.92 Å². The Hall–Kier alpha value is -2.80. The number of aryl methyl sites for hydroxylation is 1. The first-order valence-electron chi connectivity index (χ1n) is 11.0. The van der Waals surface area contributed by atoms with Gasteiger partial charge in [0.15, 0.2) is 5.82 Å². The number of benzene rings is 1. The Bertz CT molecular complexity index is 1290. The number of rotatable bonds is 7.